The Morgan fingerprint density at radius 1 is 1.07 bits per heavy atom. The second kappa shape index (κ2) is 14.8. The van der Waals surface area contributed by atoms with E-state index in [1.54, 1.807) is 53.0 Å². The maximum absolute atomic E-state index is 13.7. The fraction of sp³-hybridized carbons (Fsp3) is 0.385. The van der Waals surface area contributed by atoms with E-state index in [0.717, 1.165) is 0 Å². The summed E-state index contributed by atoms with van der Waals surface area (Å²) in [4.78, 5) is 19.7. The average Bonchev–Trinajstić information content (AvgIpc) is 2.95. The highest BCUT2D eigenvalue weighted by Crippen LogP contribution is 2.27. The lowest BCUT2D eigenvalue weighted by molar-refractivity contribution is 0.137. The molecule has 1 aliphatic rings. The van der Waals surface area contributed by atoms with Gasteiger partial charge in [0.15, 0.2) is 0 Å². The molecule has 222 valence electrons. The standard InChI is InChI=1S/C26H35FN7O5PS/c27-20-2-4-21(5-3-20)30-25-10-14-29-26(32-25)31-22-6-8-24(9-7-22)41(37,38)34(15-1-13-28)23-11-16-33(17-12-23)18-19-39-40(35)36/h2-10,14,23,40H,1,11-13,15-19,28H2,(H,35,36)(H2,29,30,31,32). The molecule has 4 rings (SSSR count). The summed E-state index contributed by atoms with van der Waals surface area (Å²) < 4.78 is 57.6. The first kappa shape index (κ1) is 31.0. The van der Waals surface area contributed by atoms with Crippen molar-refractivity contribution in [3.8, 4) is 0 Å². The Kier molecular flexibility index (Phi) is 11.2. The molecule has 1 aromatic heterocycles. The summed E-state index contributed by atoms with van der Waals surface area (Å²) in [5.41, 5.74) is 7.00. The topological polar surface area (TPSA) is 163 Å². The minimum absolute atomic E-state index is 0.161. The van der Waals surface area contributed by atoms with Crippen LogP contribution in [0.1, 0.15) is 19.3 Å². The van der Waals surface area contributed by atoms with Crippen molar-refractivity contribution < 1.29 is 26.8 Å². The van der Waals surface area contributed by atoms with Crippen LogP contribution in [0.25, 0.3) is 0 Å². The molecule has 1 atom stereocenters. The molecular formula is C26H35FN7O5PS. The summed E-state index contributed by atoms with van der Waals surface area (Å²) in [7, 11) is -6.74. The minimum Gasteiger partial charge on any atom is -0.340 e. The van der Waals surface area contributed by atoms with Crippen molar-refractivity contribution in [3.63, 3.8) is 0 Å². The zero-order chi connectivity index (χ0) is 29.2. The maximum Gasteiger partial charge on any atom is 0.316 e. The number of aromatic nitrogens is 2. The van der Waals surface area contributed by atoms with Gasteiger partial charge in [0.25, 0.3) is 0 Å². The Morgan fingerprint density at radius 3 is 2.39 bits per heavy atom. The summed E-state index contributed by atoms with van der Waals surface area (Å²) >= 11 is 0. The average molecular weight is 608 g/mol. The van der Waals surface area contributed by atoms with Gasteiger partial charge in [-0.15, -0.1) is 0 Å². The molecule has 1 unspecified atom stereocenters. The van der Waals surface area contributed by atoms with Crippen molar-refractivity contribution in [3.05, 3.63) is 66.6 Å². The SMILES string of the molecule is NCCCN(C1CCN(CCO[PH](=O)O)CC1)S(=O)(=O)c1ccc(Nc2nccc(Nc3ccc(F)cc3)n2)cc1. The molecule has 0 aliphatic carbocycles. The number of hydrogen-bond donors (Lipinski definition) is 4. The Hall–Kier alpha value is -2.97. The Balaban J connectivity index is 1.40. The van der Waals surface area contributed by atoms with Gasteiger partial charge in [-0.25, -0.2) is 17.8 Å². The van der Waals surface area contributed by atoms with E-state index < -0.39 is 18.3 Å². The third kappa shape index (κ3) is 9.01. The highest BCUT2D eigenvalue weighted by molar-refractivity contribution is 7.89. The molecule has 5 N–H and O–H groups in total. The van der Waals surface area contributed by atoms with Crippen LogP contribution in [-0.2, 0) is 19.1 Å². The quantitative estimate of drug-likeness (QED) is 0.199. The van der Waals surface area contributed by atoms with Crippen LogP contribution in [0.5, 0.6) is 0 Å². The molecule has 12 nitrogen and oxygen atoms in total. The Bertz CT molecular complexity index is 1390. The van der Waals surface area contributed by atoms with Crippen molar-refractivity contribution in [2.45, 2.75) is 30.2 Å². The number of rotatable bonds is 14. The number of benzene rings is 2. The van der Waals surface area contributed by atoms with Crippen molar-refractivity contribution in [1.82, 2.24) is 19.2 Å². The summed E-state index contributed by atoms with van der Waals surface area (Å²) in [6.07, 6.45) is 3.38. The van der Waals surface area contributed by atoms with E-state index in [2.05, 4.69) is 25.5 Å². The van der Waals surface area contributed by atoms with Crippen LogP contribution in [0.2, 0.25) is 0 Å². The number of nitrogens with two attached hydrogens (primary N) is 1. The summed E-state index contributed by atoms with van der Waals surface area (Å²) in [5.74, 6) is 0.480. The molecule has 0 saturated carbocycles. The van der Waals surface area contributed by atoms with Gasteiger partial charge in [0.05, 0.1) is 11.5 Å². The van der Waals surface area contributed by atoms with Gasteiger partial charge in [0.2, 0.25) is 16.0 Å². The number of sulfonamides is 1. The largest absolute Gasteiger partial charge is 0.340 e. The molecule has 0 spiro atoms. The van der Waals surface area contributed by atoms with Crippen LogP contribution in [0.3, 0.4) is 0 Å². The molecule has 0 bridgehead atoms. The molecule has 2 heterocycles. The van der Waals surface area contributed by atoms with Gasteiger partial charge in [-0.1, -0.05) is 0 Å². The predicted molar refractivity (Wildman–Crippen MR) is 156 cm³/mol. The zero-order valence-corrected chi connectivity index (χ0v) is 24.3. The van der Waals surface area contributed by atoms with Gasteiger partial charge in [-0.05, 0) is 93.5 Å². The molecule has 0 radical (unpaired) electrons. The van der Waals surface area contributed by atoms with E-state index in [1.807, 2.05) is 0 Å². The van der Waals surface area contributed by atoms with Crippen molar-refractivity contribution in [2.24, 2.45) is 5.73 Å². The van der Waals surface area contributed by atoms with Crippen LogP contribution in [-0.4, -0.2) is 77.9 Å². The highest BCUT2D eigenvalue weighted by atomic mass is 32.2. The first-order valence-electron chi connectivity index (χ1n) is 13.3. The lowest BCUT2D eigenvalue weighted by Gasteiger charge is -2.37. The summed E-state index contributed by atoms with van der Waals surface area (Å²) in [6.45, 7) is 2.69. The first-order valence-corrected chi connectivity index (χ1v) is 16.0. The number of halogens is 1. The summed E-state index contributed by atoms with van der Waals surface area (Å²) in [6, 6.07) is 13.8. The second-order valence-corrected chi connectivity index (χ2v) is 12.2. The number of piperidine rings is 1. The molecule has 41 heavy (non-hydrogen) atoms. The first-order chi connectivity index (χ1) is 19.7. The molecule has 15 heteroatoms. The fourth-order valence-corrected chi connectivity index (χ4v) is 6.57. The van der Waals surface area contributed by atoms with Crippen LogP contribution >= 0.6 is 8.25 Å². The molecule has 1 saturated heterocycles. The van der Waals surface area contributed by atoms with Crippen molar-refractivity contribution in [2.75, 3.05) is 50.0 Å². The van der Waals surface area contributed by atoms with E-state index in [0.29, 0.717) is 75.1 Å². The number of likely N-dealkylation sites (tertiary alicyclic amines) is 1. The Labute approximate surface area is 239 Å². The van der Waals surface area contributed by atoms with Gasteiger partial charge in [0.1, 0.15) is 11.6 Å². The second-order valence-electron chi connectivity index (χ2n) is 9.49. The lowest BCUT2D eigenvalue weighted by Crippen LogP contribution is -2.48. The van der Waals surface area contributed by atoms with Crippen molar-refractivity contribution >= 4 is 41.4 Å². The van der Waals surface area contributed by atoms with Gasteiger partial charge >= 0.3 is 8.25 Å². The van der Waals surface area contributed by atoms with Crippen LogP contribution < -0.4 is 16.4 Å². The van der Waals surface area contributed by atoms with Gasteiger partial charge < -0.3 is 30.7 Å². The molecule has 3 aromatic rings. The van der Waals surface area contributed by atoms with E-state index >= 15 is 0 Å². The Morgan fingerprint density at radius 2 is 1.73 bits per heavy atom. The summed E-state index contributed by atoms with van der Waals surface area (Å²) in [5, 5.41) is 6.16. The van der Waals surface area contributed by atoms with Crippen LogP contribution in [0.4, 0.5) is 27.5 Å². The third-order valence-corrected chi connectivity index (χ3v) is 9.09. The highest BCUT2D eigenvalue weighted by Gasteiger charge is 2.33. The predicted octanol–water partition coefficient (Wildman–Crippen LogP) is 3.31. The molecular weight excluding hydrogens is 572 g/mol. The zero-order valence-electron chi connectivity index (χ0n) is 22.4. The molecule has 0 amide bonds. The van der Waals surface area contributed by atoms with Gasteiger partial charge in [-0.3, -0.25) is 4.57 Å². The third-order valence-electron chi connectivity index (χ3n) is 6.67. The number of nitrogens with one attached hydrogen (secondary N) is 2. The lowest BCUT2D eigenvalue weighted by atomic mass is 10.0. The number of anilines is 4. The van der Waals surface area contributed by atoms with E-state index in [9.17, 15) is 17.4 Å². The van der Waals surface area contributed by atoms with E-state index in [-0.39, 0.29) is 23.4 Å². The van der Waals surface area contributed by atoms with Gasteiger partial charge in [0, 0.05) is 36.7 Å². The van der Waals surface area contributed by atoms with E-state index in [1.165, 1.54) is 12.1 Å². The number of nitrogens with zero attached hydrogens (tertiary/aromatic N) is 4. The van der Waals surface area contributed by atoms with E-state index in [4.69, 9.17) is 15.2 Å². The minimum atomic E-state index is -3.78. The van der Waals surface area contributed by atoms with Crippen LogP contribution in [0, 0.1) is 5.82 Å². The molecule has 2 aromatic carbocycles. The molecule has 1 fully saturated rings. The van der Waals surface area contributed by atoms with Crippen LogP contribution in [0.15, 0.2) is 65.7 Å². The monoisotopic (exact) mass is 607 g/mol. The fourth-order valence-electron chi connectivity index (χ4n) is 4.58. The van der Waals surface area contributed by atoms with Gasteiger partial charge in [-0.2, -0.15) is 9.29 Å². The normalized spacial score (nSPS) is 15.6. The smallest absolute Gasteiger partial charge is 0.316 e. The van der Waals surface area contributed by atoms with Crippen molar-refractivity contribution in [1.29, 1.82) is 0 Å². The molecule has 1 aliphatic heterocycles. The number of hydrogen-bond acceptors (Lipinski definition) is 10. The maximum atomic E-state index is 13.7.